The Kier molecular flexibility index (Phi) is 5.88. The van der Waals surface area contributed by atoms with E-state index >= 15 is 0 Å². The third-order valence-corrected chi connectivity index (χ3v) is 2.39. The van der Waals surface area contributed by atoms with Crippen molar-refractivity contribution in [3.63, 3.8) is 0 Å². The molecule has 1 N–H and O–H groups in total. The van der Waals surface area contributed by atoms with Gasteiger partial charge in [-0.15, -0.1) is 0 Å². The Morgan fingerprint density at radius 3 is 2.27 bits per heavy atom. The molecule has 15 heavy (non-hydrogen) atoms. The summed E-state index contributed by atoms with van der Waals surface area (Å²) in [5, 5.41) is 0. The van der Waals surface area contributed by atoms with Crippen molar-refractivity contribution < 1.29 is 8.42 Å². The summed E-state index contributed by atoms with van der Waals surface area (Å²) in [5.41, 5.74) is 1.76. The Morgan fingerprint density at radius 2 is 1.80 bits per heavy atom. The van der Waals surface area contributed by atoms with Gasteiger partial charge in [0.25, 0.3) is 0 Å². The molecular formula is C10H15NNaO2S. The second kappa shape index (κ2) is 5.89. The number of benzene rings is 1. The third-order valence-electron chi connectivity index (χ3n) is 1.95. The molecule has 0 amide bonds. The molecule has 0 aliphatic heterocycles. The molecule has 0 spiro atoms. The Balaban J connectivity index is 0.00000196. The summed E-state index contributed by atoms with van der Waals surface area (Å²) in [6, 6.07) is 7.43. The minimum atomic E-state index is -2.57. The Hall–Kier alpha value is -0.0300. The minimum absolute atomic E-state index is 0. The van der Waals surface area contributed by atoms with Crippen LogP contribution in [0.4, 0.5) is 5.69 Å². The molecule has 1 radical (unpaired) electrons. The smallest absolute Gasteiger partial charge is 0.222 e. The molecule has 1 aromatic rings. The second-order valence-corrected chi connectivity index (χ2v) is 4.94. The standard InChI is InChI=1S/C10H15NO2S.Na/c1-10(2,3)8-5-4-6-9(7-8)11-14(12)13;/h4-7,14H,1-3H3,(H,11,12,13);. The molecule has 5 heteroatoms. The van der Waals surface area contributed by atoms with Crippen LogP contribution in [0.3, 0.4) is 0 Å². The molecule has 0 atom stereocenters. The van der Waals surface area contributed by atoms with Gasteiger partial charge in [-0.2, -0.15) is 0 Å². The monoisotopic (exact) mass is 236 g/mol. The SMILES string of the molecule is CC(C)(C)c1cccc(N[SH](=O)=O)c1.[Na]. The molecule has 0 saturated carbocycles. The van der Waals surface area contributed by atoms with Crippen LogP contribution in [0.1, 0.15) is 26.3 Å². The van der Waals surface area contributed by atoms with Crippen molar-refractivity contribution in [1.29, 1.82) is 0 Å². The van der Waals surface area contributed by atoms with Gasteiger partial charge in [-0.05, 0) is 23.1 Å². The Morgan fingerprint density at radius 1 is 1.20 bits per heavy atom. The molecule has 0 bridgehead atoms. The molecular weight excluding hydrogens is 221 g/mol. The van der Waals surface area contributed by atoms with E-state index in [1.54, 1.807) is 6.07 Å². The van der Waals surface area contributed by atoms with E-state index in [-0.39, 0.29) is 35.0 Å². The molecule has 0 aromatic heterocycles. The molecule has 0 aliphatic carbocycles. The van der Waals surface area contributed by atoms with Gasteiger partial charge in [0, 0.05) is 35.2 Å². The van der Waals surface area contributed by atoms with E-state index in [2.05, 4.69) is 25.5 Å². The van der Waals surface area contributed by atoms with Crippen molar-refractivity contribution in [3.05, 3.63) is 29.8 Å². The number of rotatable bonds is 2. The number of hydrogen-bond donors (Lipinski definition) is 2. The predicted octanol–water partition coefficient (Wildman–Crippen LogP) is 1.54. The molecule has 0 unspecified atom stereocenters. The number of hydrogen-bond acceptors (Lipinski definition) is 2. The summed E-state index contributed by atoms with van der Waals surface area (Å²) < 4.78 is 23.3. The van der Waals surface area contributed by atoms with Gasteiger partial charge in [0.2, 0.25) is 10.9 Å². The van der Waals surface area contributed by atoms with Gasteiger partial charge in [-0.25, -0.2) is 8.42 Å². The van der Waals surface area contributed by atoms with Gasteiger partial charge in [0.05, 0.1) is 0 Å². The summed E-state index contributed by atoms with van der Waals surface area (Å²) in [6.45, 7) is 6.26. The Bertz CT molecular complexity index is 389. The fraction of sp³-hybridized carbons (Fsp3) is 0.400. The first-order valence-corrected chi connectivity index (χ1v) is 5.59. The van der Waals surface area contributed by atoms with Crippen LogP contribution >= 0.6 is 0 Å². The topological polar surface area (TPSA) is 46.2 Å². The molecule has 3 nitrogen and oxygen atoms in total. The van der Waals surface area contributed by atoms with E-state index in [1.807, 2.05) is 18.2 Å². The normalized spacial score (nSPS) is 10.9. The maximum absolute atomic E-state index is 10.5. The Labute approximate surface area is 115 Å². The van der Waals surface area contributed by atoms with Crippen LogP contribution in [-0.4, -0.2) is 38.0 Å². The quantitative estimate of drug-likeness (QED) is 0.604. The molecule has 79 valence electrons. The zero-order valence-corrected chi connectivity index (χ0v) is 12.5. The van der Waals surface area contributed by atoms with E-state index < -0.39 is 10.9 Å². The summed E-state index contributed by atoms with van der Waals surface area (Å²) in [6.07, 6.45) is 0. The summed E-state index contributed by atoms with van der Waals surface area (Å²) >= 11 is 0. The molecule has 0 saturated heterocycles. The zero-order valence-electron chi connectivity index (χ0n) is 9.57. The van der Waals surface area contributed by atoms with E-state index in [0.29, 0.717) is 5.69 Å². The van der Waals surface area contributed by atoms with Crippen LogP contribution in [0, 0.1) is 0 Å². The number of thiol groups is 1. The maximum Gasteiger partial charge on any atom is 0.222 e. The van der Waals surface area contributed by atoms with Crippen molar-refractivity contribution >= 4 is 46.1 Å². The van der Waals surface area contributed by atoms with Crippen molar-refractivity contribution in [2.45, 2.75) is 26.2 Å². The number of nitrogens with one attached hydrogen (secondary N) is 1. The largest absolute Gasteiger partial charge is 0.286 e. The summed E-state index contributed by atoms with van der Waals surface area (Å²) in [4.78, 5) is 0. The van der Waals surface area contributed by atoms with Gasteiger partial charge >= 0.3 is 0 Å². The van der Waals surface area contributed by atoms with E-state index in [1.165, 1.54) is 0 Å². The minimum Gasteiger partial charge on any atom is -0.286 e. The fourth-order valence-electron chi connectivity index (χ4n) is 1.16. The average molecular weight is 236 g/mol. The van der Waals surface area contributed by atoms with E-state index in [4.69, 9.17) is 0 Å². The fourth-order valence-corrected chi connectivity index (χ4v) is 1.51. The molecule has 1 aromatic carbocycles. The van der Waals surface area contributed by atoms with Crippen LogP contribution in [0.25, 0.3) is 0 Å². The van der Waals surface area contributed by atoms with Gasteiger partial charge < -0.3 is 0 Å². The predicted molar refractivity (Wildman–Crippen MR) is 64.8 cm³/mol. The van der Waals surface area contributed by atoms with E-state index in [9.17, 15) is 8.42 Å². The van der Waals surface area contributed by atoms with Gasteiger partial charge in [-0.3, -0.25) is 4.72 Å². The van der Waals surface area contributed by atoms with Gasteiger partial charge in [0.15, 0.2) is 0 Å². The zero-order chi connectivity index (χ0) is 10.8. The molecule has 0 heterocycles. The van der Waals surface area contributed by atoms with Gasteiger partial charge in [0.1, 0.15) is 0 Å². The first-order chi connectivity index (χ1) is 6.39. The van der Waals surface area contributed by atoms with E-state index in [0.717, 1.165) is 5.56 Å². The van der Waals surface area contributed by atoms with Crippen LogP contribution in [0.2, 0.25) is 0 Å². The van der Waals surface area contributed by atoms with Crippen LogP contribution in [-0.2, 0) is 16.3 Å². The summed E-state index contributed by atoms with van der Waals surface area (Å²) in [5.74, 6) is 0. The third kappa shape index (κ3) is 5.02. The van der Waals surface area contributed by atoms with Crippen LogP contribution in [0.5, 0.6) is 0 Å². The second-order valence-electron chi connectivity index (χ2n) is 4.20. The molecule has 0 fully saturated rings. The van der Waals surface area contributed by atoms with Crippen LogP contribution < -0.4 is 4.72 Å². The first-order valence-electron chi connectivity index (χ1n) is 4.41. The average Bonchev–Trinajstić information content (AvgIpc) is 2.01. The molecule has 1 rings (SSSR count). The molecule has 0 aliphatic rings. The van der Waals surface area contributed by atoms with Crippen molar-refractivity contribution in [3.8, 4) is 0 Å². The summed E-state index contributed by atoms with van der Waals surface area (Å²) in [7, 11) is -2.57. The van der Waals surface area contributed by atoms with Crippen LogP contribution in [0.15, 0.2) is 24.3 Å². The first kappa shape index (κ1) is 15.0. The number of anilines is 1. The van der Waals surface area contributed by atoms with Crippen molar-refractivity contribution in [2.24, 2.45) is 0 Å². The van der Waals surface area contributed by atoms with Gasteiger partial charge in [-0.1, -0.05) is 32.9 Å². The van der Waals surface area contributed by atoms with Crippen molar-refractivity contribution in [1.82, 2.24) is 0 Å². The maximum atomic E-state index is 10.5. The van der Waals surface area contributed by atoms with Crippen molar-refractivity contribution in [2.75, 3.05) is 4.72 Å².